The average molecular weight is 612 g/mol. The molecule has 32 heavy (non-hydrogen) atoms. The lowest BCUT2D eigenvalue weighted by Crippen LogP contribution is -2.22. The molecular formula is C23H23BrIN3O4. The highest BCUT2D eigenvalue weighted by Gasteiger charge is 2.11. The smallest absolute Gasteiger partial charge is 0.344 e. The van der Waals surface area contributed by atoms with Crippen molar-refractivity contribution in [2.75, 3.05) is 6.61 Å². The number of aryl methyl sites for hydroxylation is 1. The molecule has 3 rings (SSSR count). The van der Waals surface area contributed by atoms with E-state index < -0.39 is 5.97 Å². The number of ether oxygens (including phenoxy) is 2. The van der Waals surface area contributed by atoms with Crippen molar-refractivity contribution in [3.05, 3.63) is 66.2 Å². The number of halogens is 2. The topological polar surface area (TPSA) is 82.8 Å². The van der Waals surface area contributed by atoms with Gasteiger partial charge in [-0.05, 0) is 84.8 Å². The number of carbonyl (C=O) groups excluding carboxylic acids is 1. The third-order valence-corrected chi connectivity index (χ3v) is 5.68. The molecule has 0 saturated heterocycles. The number of hydrogen-bond acceptors (Lipinski definition) is 6. The van der Waals surface area contributed by atoms with Gasteiger partial charge in [-0.3, -0.25) is 4.79 Å². The van der Waals surface area contributed by atoms with Crippen molar-refractivity contribution in [3.8, 4) is 5.75 Å². The van der Waals surface area contributed by atoms with Gasteiger partial charge in [-0.2, -0.15) is 9.78 Å². The van der Waals surface area contributed by atoms with Crippen molar-refractivity contribution >= 4 is 61.6 Å². The van der Waals surface area contributed by atoms with Crippen LogP contribution in [0.1, 0.15) is 38.6 Å². The van der Waals surface area contributed by atoms with E-state index in [0.717, 1.165) is 20.0 Å². The van der Waals surface area contributed by atoms with Gasteiger partial charge in [-0.15, -0.1) is 0 Å². The van der Waals surface area contributed by atoms with Crippen LogP contribution in [0.4, 0.5) is 0 Å². The molecule has 1 aromatic heterocycles. The Hall–Kier alpha value is -2.27. The van der Waals surface area contributed by atoms with Gasteiger partial charge in [0.2, 0.25) is 0 Å². The predicted molar refractivity (Wildman–Crippen MR) is 137 cm³/mol. The first-order valence-corrected chi connectivity index (χ1v) is 12.0. The maximum Gasteiger partial charge on any atom is 0.344 e. The molecule has 9 heteroatoms. The van der Waals surface area contributed by atoms with E-state index in [1.165, 1.54) is 4.68 Å². The van der Waals surface area contributed by atoms with Crippen molar-refractivity contribution in [1.82, 2.24) is 9.66 Å². The summed E-state index contributed by atoms with van der Waals surface area (Å²) < 4.78 is 13.6. The number of rotatable bonds is 8. The van der Waals surface area contributed by atoms with Crippen LogP contribution in [0.15, 0.2) is 50.8 Å². The minimum Gasteiger partial charge on any atom is -0.481 e. The molecule has 0 spiro atoms. The van der Waals surface area contributed by atoms with Gasteiger partial charge in [-0.25, -0.2) is 9.78 Å². The summed E-state index contributed by atoms with van der Waals surface area (Å²) in [4.78, 5) is 29.4. The number of fused-ring (bicyclic) bond motifs is 1. The molecule has 0 saturated carbocycles. The maximum absolute atomic E-state index is 13.1. The molecule has 7 nitrogen and oxygen atoms in total. The van der Waals surface area contributed by atoms with E-state index in [-0.39, 0.29) is 18.3 Å². The van der Waals surface area contributed by atoms with Gasteiger partial charge < -0.3 is 9.47 Å². The molecule has 3 aromatic rings. The number of carbonyl (C=O) groups is 1. The van der Waals surface area contributed by atoms with Crippen molar-refractivity contribution in [3.63, 3.8) is 0 Å². The summed E-state index contributed by atoms with van der Waals surface area (Å²) in [6.07, 6.45) is 2.91. The predicted octanol–water partition coefficient (Wildman–Crippen LogP) is 4.93. The van der Waals surface area contributed by atoms with Crippen LogP contribution in [0.3, 0.4) is 0 Å². The molecule has 168 valence electrons. The third-order valence-electron chi connectivity index (χ3n) is 4.34. The van der Waals surface area contributed by atoms with Gasteiger partial charge in [-0.1, -0.05) is 22.9 Å². The van der Waals surface area contributed by atoms with Crippen molar-refractivity contribution in [2.24, 2.45) is 5.10 Å². The molecule has 0 bridgehead atoms. The van der Waals surface area contributed by atoms with E-state index in [0.29, 0.717) is 28.9 Å². The number of hydrogen-bond donors (Lipinski definition) is 0. The Labute approximate surface area is 208 Å². The molecular weight excluding hydrogens is 589 g/mol. The first-order chi connectivity index (χ1) is 15.3. The van der Waals surface area contributed by atoms with E-state index in [9.17, 15) is 9.59 Å². The van der Waals surface area contributed by atoms with Crippen LogP contribution in [0.25, 0.3) is 10.9 Å². The Morgan fingerprint density at radius 1 is 1.28 bits per heavy atom. The lowest BCUT2D eigenvalue weighted by molar-refractivity contribution is -0.149. The number of esters is 1. The zero-order valence-electron chi connectivity index (χ0n) is 18.0. The van der Waals surface area contributed by atoms with Crippen LogP contribution < -0.4 is 10.3 Å². The normalized spacial score (nSPS) is 11.4. The van der Waals surface area contributed by atoms with Crippen LogP contribution in [-0.2, 0) is 16.0 Å². The maximum atomic E-state index is 13.1. The summed E-state index contributed by atoms with van der Waals surface area (Å²) in [6.45, 7) is 5.45. The summed E-state index contributed by atoms with van der Waals surface area (Å²) in [6, 6.07) is 10.9. The Kier molecular flexibility index (Phi) is 8.41. The van der Waals surface area contributed by atoms with E-state index in [4.69, 9.17) is 9.47 Å². The van der Waals surface area contributed by atoms with Gasteiger partial charge in [0.15, 0.2) is 6.61 Å². The molecule has 1 heterocycles. The lowest BCUT2D eigenvalue weighted by Gasteiger charge is -2.11. The van der Waals surface area contributed by atoms with Crippen LogP contribution in [0.5, 0.6) is 5.75 Å². The second-order valence-corrected chi connectivity index (χ2v) is 9.40. The summed E-state index contributed by atoms with van der Waals surface area (Å²) in [5.74, 6) is 0.770. The Morgan fingerprint density at radius 3 is 2.75 bits per heavy atom. The van der Waals surface area contributed by atoms with Crippen LogP contribution in [0.2, 0.25) is 0 Å². The Morgan fingerprint density at radius 2 is 2.06 bits per heavy atom. The molecule has 0 unspecified atom stereocenters. The monoisotopic (exact) mass is 611 g/mol. The van der Waals surface area contributed by atoms with Crippen molar-refractivity contribution in [2.45, 2.75) is 39.7 Å². The molecule has 0 amide bonds. The molecule has 0 fully saturated rings. The van der Waals surface area contributed by atoms with E-state index in [1.807, 2.05) is 31.2 Å². The minimum atomic E-state index is -0.417. The lowest BCUT2D eigenvalue weighted by atomic mass is 10.2. The van der Waals surface area contributed by atoms with Gasteiger partial charge in [0.25, 0.3) is 5.56 Å². The molecule has 0 aliphatic carbocycles. The highest BCUT2D eigenvalue weighted by molar-refractivity contribution is 14.1. The Balaban J connectivity index is 1.86. The second-order valence-electron chi connectivity index (χ2n) is 7.32. The van der Waals surface area contributed by atoms with Gasteiger partial charge in [0, 0.05) is 10.9 Å². The van der Waals surface area contributed by atoms with Crippen molar-refractivity contribution in [1.29, 1.82) is 0 Å². The quantitative estimate of drug-likeness (QED) is 0.205. The first kappa shape index (κ1) is 24.4. The fourth-order valence-electron chi connectivity index (χ4n) is 2.97. The van der Waals surface area contributed by atoms with E-state index in [1.54, 1.807) is 32.2 Å². The highest BCUT2D eigenvalue weighted by atomic mass is 127. The van der Waals surface area contributed by atoms with Crippen LogP contribution in [-0.4, -0.2) is 34.6 Å². The molecule has 0 aliphatic heterocycles. The third kappa shape index (κ3) is 6.16. The fraction of sp³-hybridized carbons (Fsp3) is 0.304. The fourth-order valence-corrected chi connectivity index (χ4v) is 4.03. The average Bonchev–Trinajstić information content (AvgIpc) is 2.73. The minimum absolute atomic E-state index is 0.157. The zero-order chi connectivity index (χ0) is 23.3. The van der Waals surface area contributed by atoms with Crippen molar-refractivity contribution < 1.29 is 14.3 Å². The summed E-state index contributed by atoms with van der Waals surface area (Å²) >= 11 is 5.54. The largest absolute Gasteiger partial charge is 0.481 e. The van der Waals surface area contributed by atoms with E-state index >= 15 is 0 Å². The molecule has 0 N–H and O–H groups in total. The van der Waals surface area contributed by atoms with Gasteiger partial charge in [0.05, 0.1) is 26.8 Å². The summed E-state index contributed by atoms with van der Waals surface area (Å²) in [7, 11) is 0. The molecule has 0 atom stereocenters. The number of aromatic nitrogens is 2. The Bertz CT molecular complexity index is 1220. The van der Waals surface area contributed by atoms with Crippen LogP contribution in [0, 0.1) is 3.57 Å². The highest BCUT2D eigenvalue weighted by Crippen LogP contribution is 2.22. The molecule has 0 radical (unpaired) electrons. The van der Waals surface area contributed by atoms with Crippen LogP contribution >= 0.6 is 38.5 Å². The number of nitrogens with zero attached hydrogens (tertiary/aromatic N) is 3. The standard InChI is InChI=1S/C23H23BrIN3O4/c1-4-5-21-27-19-8-7-16(24)11-17(19)23(30)28(21)26-12-15-6-9-20(18(25)10-15)31-13-22(29)32-14(2)3/h6-12,14H,4-5,13H2,1-3H3. The second kappa shape index (κ2) is 11.0. The SMILES string of the molecule is CCCc1nc2ccc(Br)cc2c(=O)n1N=Cc1ccc(OCC(=O)OC(C)C)c(I)c1. The summed E-state index contributed by atoms with van der Waals surface area (Å²) in [5, 5.41) is 4.94. The van der Waals surface area contributed by atoms with Gasteiger partial charge in [0.1, 0.15) is 11.6 Å². The van der Waals surface area contributed by atoms with E-state index in [2.05, 4.69) is 48.6 Å². The molecule has 2 aromatic carbocycles. The zero-order valence-corrected chi connectivity index (χ0v) is 21.7. The first-order valence-electron chi connectivity index (χ1n) is 10.2. The van der Waals surface area contributed by atoms with Gasteiger partial charge >= 0.3 is 5.97 Å². The summed E-state index contributed by atoms with van der Waals surface area (Å²) in [5.41, 5.74) is 1.23. The number of benzene rings is 2. The molecule has 0 aliphatic rings.